The average Bonchev–Trinajstić information content (AvgIpc) is 2.59. The normalized spacial score (nSPS) is 23.5. The SMILES string of the molecule is CC1=C(C)C(=O)N(C(C#N)C2CCCCC2)C1=O. The standard InChI is InChI=1S/C14H18N2O2/c1-9-10(2)14(18)16(13(9)17)12(8-15)11-6-4-3-5-7-11/h11-12H,3-7H2,1-2H3. The van der Waals surface area contributed by atoms with Crippen molar-refractivity contribution in [2.24, 2.45) is 5.92 Å². The first-order chi connectivity index (χ1) is 8.57. The van der Waals surface area contributed by atoms with Gasteiger partial charge < -0.3 is 0 Å². The van der Waals surface area contributed by atoms with E-state index in [1.807, 2.05) is 0 Å². The van der Waals surface area contributed by atoms with Crippen LogP contribution in [0.1, 0.15) is 46.0 Å². The molecule has 2 aliphatic rings. The molecule has 0 spiro atoms. The van der Waals surface area contributed by atoms with Crippen LogP contribution in [0.4, 0.5) is 0 Å². The van der Waals surface area contributed by atoms with Crippen molar-refractivity contribution in [2.45, 2.75) is 52.0 Å². The Bertz CT molecular complexity index is 429. The number of nitrogens with zero attached hydrogens (tertiary/aromatic N) is 2. The highest BCUT2D eigenvalue weighted by molar-refractivity contribution is 6.19. The molecule has 1 fully saturated rings. The molecule has 18 heavy (non-hydrogen) atoms. The fraction of sp³-hybridized carbons (Fsp3) is 0.643. The maximum absolute atomic E-state index is 12.1. The number of hydrogen-bond acceptors (Lipinski definition) is 3. The monoisotopic (exact) mass is 246 g/mol. The molecular formula is C14H18N2O2. The van der Waals surface area contributed by atoms with E-state index in [-0.39, 0.29) is 17.7 Å². The second kappa shape index (κ2) is 4.93. The fourth-order valence-corrected chi connectivity index (χ4v) is 2.85. The van der Waals surface area contributed by atoms with Gasteiger partial charge in [0.05, 0.1) is 6.07 Å². The van der Waals surface area contributed by atoms with Gasteiger partial charge in [-0.25, -0.2) is 0 Å². The summed E-state index contributed by atoms with van der Waals surface area (Å²) in [7, 11) is 0. The van der Waals surface area contributed by atoms with Gasteiger partial charge in [-0.15, -0.1) is 0 Å². The molecule has 1 saturated carbocycles. The summed E-state index contributed by atoms with van der Waals surface area (Å²) in [5.41, 5.74) is 0.965. The molecule has 0 aromatic rings. The van der Waals surface area contributed by atoms with Crippen LogP contribution in [0, 0.1) is 17.2 Å². The minimum absolute atomic E-state index is 0.148. The molecule has 0 aromatic carbocycles. The van der Waals surface area contributed by atoms with Crippen molar-refractivity contribution in [3.63, 3.8) is 0 Å². The third-order valence-corrected chi connectivity index (χ3v) is 4.15. The van der Waals surface area contributed by atoms with Crippen LogP contribution in [-0.2, 0) is 9.59 Å². The zero-order valence-electron chi connectivity index (χ0n) is 10.9. The topological polar surface area (TPSA) is 61.2 Å². The van der Waals surface area contributed by atoms with E-state index in [1.54, 1.807) is 13.8 Å². The largest absolute Gasteiger partial charge is 0.269 e. The van der Waals surface area contributed by atoms with E-state index >= 15 is 0 Å². The third kappa shape index (κ3) is 1.94. The summed E-state index contributed by atoms with van der Waals surface area (Å²) in [6.45, 7) is 3.32. The molecule has 4 heteroatoms. The Balaban J connectivity index is 2.22. The summed E-state index contributed by atoms with van der Waals surface area (Å²) in [4.78, 5) is 25.3. The van der Waals surface area contributed by atoms with Crippen LogP contribution in [0.3, 0.4) is 0 Å². The van der Waals surface area contributed by atoms with Crippen molar-refractivity contribution in [2.75, 3.05) is 0 Å². The van der Waals surface area contributed by atoms with E-state index in [2.05, 4.69) is 6.07 Å². The summed E-state index contributed by atoms with van der Waals surface area (Å²) >= 11 is 0. The molecule has 1 aliphatic carbocycles. The molecule has 2 amide bonds. The summed E-state index contributed by atoms with van der Waals surface area (Å²) in [6, 6.07) is 1.59. The molecule has 2 rings (SSSR count). The lowest BCUT2D eigenvalue weighted by Gasteiger charge is -2.31. The second-order valence-electron chi connectivity index (χ2n) is 5.20. The Labute approximate surface area is 107 Å². The minimum Gasteiger partial charge on any atom is -0.269 e. The van der Waals surface area contributed by atoms with Gasteiger partial charge in [-0.1, -0.05) is 19.3 Å². The predicted molar refractivity (Wildman–Crippen MR) is 66.2 cm³/mol. The average molecular weight is 246 g/mol. The van der Waals surface area contributed by atoms with E-state index in [1.165, 1.54) is 11.3 Å². The molecule has 1 heterocycles. The predicted octanol–water partition coefficient (Wildman–Crippen LogP) is 2.16. The molecule has 0 aromatic heterocycles. The first-order valence-electron chi connectivity index (χ1n) is 6.53. The Morgan fingerprint density at radius 3 is 2.06 bits per heavy atom. The Kier molecular flexibility index (Phi) is 3.51. The van der Waals surface area contributed by atoms with Crippen molar-refractivity contribution >= 4 is 11.8 Å². The third-order valence-electron chi connectivity index (χ3n) is 4.15. The maximum Gasteiger partial charge on any atom is 0.257 e. The van der Waals surface area contributed by atoms with Gasteiger partial charge in [0.1, 0.15) is 6.04 Å². The molecule has 96 valence electrons. The number of imide groups is 1. The first-order valence-corrected chi connectivity index (χ1v) is 6.53. The van der Waals surface area contributed by atoms with Gasteiger partial charge in [-0.05, 0) is 32.6 Å². The van der Waals surface area contributed by atoms with Gasteiger partial charge in [0.15, 0.2) is 0 Å². The molecule has 0 bridgehead atoms. The number of carbonyl (C=O) groups excluding carboxylic acids is 2. The zero-order chi connectivity index (χ0) is 13.3. The highest BCUT2D eigenvalue weighted by Gasteiger charge is 2.41. The number of rotatable bonds is 2. The Hall–Kier alpha value is -1.63. The van der Waals surface area contributed by atoms with E-state index in [0.717, 1.165) is 25.7 Å². The van der Waals surface area contributed by atoms with Crippen LogP contribution in [0.25, 0.3) is 0 Å². The quantitative estimate of drug-likeness (QED) is 0.701. The van der Waals surface area contributed by atoms with Crippen molar-refractivity contribution in [1.82, 2.24) is 4.90 Å². The van der Waals surface area contributed by atoms with Crippen molar-refractivity contribution in [3.05, 3.63) is 11.1 Å². The second-order valence-corrected chi connectivity index (χ2v) is 5.20. The number of hydrogen-bond donors (Lipinski definition) is 0. The highest BCUT2D eigenvalue weighted by Crippen LogP contribution is 2.32. The van der Waals surface area contributed by atoms with Gasteiger partial charge in [0.25, 0.3) is 11.8 Å². The summed E-state index contributed by atoms with van der Waals surface area (Å²) < 4.78 is 0. The van der Waals surface area contributed by atoms with Gasteiger partial charge in [-0.2, -0.15) is 5.26 Å². The number of amides is 2. The Morgan fingerprint density at radius 1 is 1.11 bits per heavy atom. The molecule has 4 nitrogen and oxygen atoms in total. The Morgan fingerprint density at radius 2 is 1.61 bits per heavy atom. The van der Waals surface area contributed by atoms with Crippen LogP contribution >= 0.6 is 0 Å². The molecule has 1 unspecified atom stereocenters. The molecule has 1 atom stereocenters. The highest BCUT2D eigenvalue weighted by atomic mass is 16.2. The maximum atomic E-state index is 12.1. The zero-order valence-corrected chi connectivity index (χ0v) is 10.9. The van der Waals surface area contributed by atoms with Crippen LogP contribution in [0.2, 0.25) is 0 Å². The van der Waals surface area contributed by atoms with Crippen LogP contribution in [-0.4, -0.2) is 22.8 Å². The van der Waals surface area contributed by atoms with Crippen LogP contribution < -0.4 is 0 Å². The lowest BCUT2D eigenvalue weighted by atomic mass is 9.83. The van der Waals surface area contributed by atoms with E-state index in [4.69, 9.17) is 0 Å². The minimum atomic E-state index is -0.585. The van der Waals surface area contributed by atoms with Crippen LogP contribution in [0.5, 0.6) is 0 Å². The van der Waals surface area contributed by atoms with Crippen LogP contribution in [0.15, 0.2) is 11.1 Å². The summed E-state index contributed by atoms with van der Waals surface area (Å²) in [5.74, 6) is -0.417. The van der Waals surface area contributed by atoms with E-state index in [9.17, 15) is 14.9 Å². The summed E-state index contributed by atoms with van der Waals surface area (Å²) in [5, 5.41) is 9.33. The van der Waals surface area contributed by atoms with Gasteiger partial charge >= 0.3 is 0 Å². The van der Waals surface area contributed by atoms with Gasteiger partial charge in [0.2, 0.25) is 0 Å². The molecule has 0 radical (unpaired) electrons. The van der Waals surface area contributed by atoms with Crippen molar-refractivity contribution < 1.29 is 9.59 Å². The lowest BCUT2D eigenvalue weighted by molar-refractivity contribution is -0.140. The summed E-state index contributed by atoms with van der Waals surface area (Å²) in [6.07, 6.45) is 5.24. The van der Waals surface area contributed by atoms with E-state index in [0.29, 0.717) is 11.1 Å². The number of carbonyl (C=O) groups is 2. The van der Waals surface area contributed by atoms with Gasteiger partial charge in [0, 0.05) is 11.1 Å². The fourth-order valence-electron chi connectivity index (χ4n) is 2.85. The first kappa shape index (κ1) is 12.8. The van der Waals surface area contributed by atoms with Gasteiger partial charge in [-0.3, -0.25) is 14.5 Å². The molecular weight excluding hydrogens is 228 g/mol. The molecule has 0 saturated heterocycles. The molecule has 0 N–H and O–H groups in total. The van der Waals surface area contributed by atoms with E-state index < -0.39 is 6.04 Å². The molecule has 1 aliphatic heterocycles. The smallest absolute Gasteiger partial charge is 0.257 e. The number of nitriles is 1. The van der Waals surface area contributed by atoms with Crippen molar-refractivity contribution in [3.8, 4) is 6.07 Å². The lowest BCUT2D eigenvalue weighted by Crippen LogP contribution is -2.45. The van der Waals surface area contributed by atoms with Crippen molar-refractivity contribution in [1.29, 1.82) is 5.26 Å².